The van der Waals surface area contributed by atoms with Crippen molar-refractivity contribution < 1.29 is 44.1 Å². The molecule has 2 aromatic carbocycles. The number of carbonyl (C=O) groups excluding carboxylic acids is 3. The molecule has 0 spiro atoms. The molecule has 0 radical (unpaired) electrons. The van der Waals surface area contributed by atoms with Crippen LogP contribution in [0.25, 0.3) is 0 Å². The van der Waals surface area contributed by atoms with Crippen LogP contribution < -0.4 is 32.3 Å². The Bertz CT molecular complexity index is 1580. The van der Waals surface area contributed by atoms with Crippen LogP contribution in [0.5, 0.6) is 0 Å². The van der Waals surface area contributed by atoms with Crippen LogP contribution in [0.4, 0.5) is 0 Å². The van der Waals surface area contributed by atoms with Crippen LogP contribution in [0.15, 0.2) is 60.7 Å². The van der Waals surface area contributed by atoms with Crippen LogP contribution in [0, 0.1) is 0 Å². The highest BCUT2D eigenvalue weighted by molar-refractivity contribution is 8.01. The summed E-state index contributed by atoms with van der Waals surface area (Å²) in [5.74, 6) is -6.33. The average molecular weight is 717 g/mol. The molecule has 10 N–H and O–H groups in total. The quantitative estimate of drug-likeness (QED) is 0.136. The predicted octanol–water partition coefficient (Wildman–Crippen LogP) is 0.387. The summed E-state index contributed by atoms with van der Waals surface area (Å²) in [5.41, 5.74) is 6.95. The van der Waals surface area contributed by atoms with Crippen molar-refractivity contribution in [1.29, 1.82) is 0 Å². The van der Waals surface area contributed by atoms with Crippen LogP contribution >= 0.6 is 23.5 Å². The highest BCUT2D eigenvalue weighted by Crippen LogP contribution is 2.40. The molecule has 2 fully saturated rings. The first-order valence-electron chi connectivity index (χ1n) is 15.3. The van der Waals surface area contributed by atoms with E-state index >= 15 is 0 Å². The summed E-state index contributed by atoms with van der Waals surface area (Å²) < 4.78 is -1.83. The van der Waals surface area contributed by atoms with E-state index in [0.29, 0.717) is 5.56 Å². The molecule has 0 saturated carbocycles. The molecule has 2 aliphatic rings. The minimum absolute atomic E-state index is 0.273. The molecule has 15 nitrogen and oxygen atoms in total. The van der Waals surface area contributed by atoms with Gasteiger partial charge in [0.1, 0.15) is 30.2 Å². The van der Waals surface area contributed by atoms with Gasteiger partial charge in [0.05, 0.1) is 10.7 Å². The third-order valence-corrected chi connectivity index (χ3v) is 11.3. The van der Waals surface area contributed by atoms with Gasteiger partial charge in [-0.15, -0.1) is 23.5 Å². The van der Waals surface area contributed by atoms with E-state index in [0.717, 1.165) is 23.5 Å². The molecule has 49 heavy (non-hydrogen) atoms. The minimum atomic E-state index is -1.60. The number of amides is 3. The maximum atomic E-state index is 14.1. The van der Waals surface area contributed by atoms with E-state index in [4.69, 9.17) is 5.73 Å². The first-order valence-corrected chi connectivity index (χ1v) is 17.0. The zero-order chi connectivity index (χ0) is 36.3. The van der Waals surface area contributed by atoms with E-state index in [9.17, 15) is 44.1 Å². The lowest BCUT2D eigenvalue weighted by molar-refractivity contribution is -0.143. The molecule has 264 valence electrons. The van der Waals surface area contributed by atoms with Crippen LogP contribution in [0.1, 0.15) is 50.9 Å². The zero-order valence-corrected chi connectivity index (χ0v) is 28.7. The molecule has 2 heterocycles. The minimum Gasteiger partial charge on any atom is -0.480 e. The Kier molecular flexibility index (Phi) is 11.7. The number of hydrogen-bond acceptors (Lipinski definition) is 11. The molecule has 4 rings (SSSR count). The highest BCUT2D eigenvalue weighted by atomic mass is 32.2. The molecule has 2 aliphatic heterocycles. The van der Waals surface area contributed by atoms with Gasteiger partial charge in [0.2, 0.25) is 17.7 Å². The Labute approximate surface area is 290 Å². The predicted molar refractivity (Wildman–Crippen MR) is 182 cm³/mol. The second-order valence-corrected chi connectivity index (χ2v) is 16.3. The molecule has 0 bridgehead atoms. The van der Waals surface area contributed by atoms with Gasteiger partial charge in [-0.3, -0.25) is 34.6 Å². The Morgan fingerprint density at radius 2 is 1.08 bits per heavy atom. The SMILES string of the molecule is CC1(C)S[C@H](C(NC(=O)[C@H](NC(=O)C(NC(=O)[C@H](N)c2ccccc2)[C@@H]2NC(C(=O)O)C(C)(C)S2)c2ccccc2)C(=O)O)NC1C(=O)O. The molecule has 0 aromatic heterocycles. The molecular weight excluding hydrogens is 677 g/mol. The van der Waals surface area contributed by atoms with Gasteiger partial charge in [0.15, 0.2) is 6.04 Å². The Balaban J connectivity index is 1.64. The van der Waals surface area contributed by atoms with Crippen molar-refractivity contribution in [3.05, 3.63) is 71.8 Å². The summed E-state index contributed by atoms with van der Waals surface area (Å²) in [4.78, 5) is 77.7. The van der Waals surface area contributed by atoms with E-state index in [-0.39, 0.29) is 5.56 Å². The zero-order valence-electron chi connectivity index (χ0n) is 27.1. The van der Waals surface area contributed by atoms with Gasteiger partial charge >= 0.3 is 17.9 Å². The summed E-state index contributed by atoms with van der Waals surface area (Å²) in [6, 6.07) is 8.44. The van der Waals surface area contributed by atoms with Crippen molar-refractivity contribution in [1.82, 2.24) is 26.6 Å². The Morgan fingerprint density at radius 3 is 1.51 bits per heavy atom. The molecule has 2 aromatic rings. The number of carbonyl (C=O) groups is 6. The first-order chi connectivity index (χ1) is 22.9. The van der Waals surface area contributed by atoms with Crippen LogP contribution in [-0.4, -0.2) is 95.4 Å². The molecule has 2 saturated heterocycles. The number of benzene rings is 2. The fraction of sp³-hybridized carbons (Fsp3) is 0.438. The van der Waals surface area contributed by atoms with Gasteiger partial charge in [-0.2, -0.15) is 0 Å². The Hall–Kier alpha value is -4.16. The number of hydrogen-bond donors (Lipinski definition) is 9. The smallest absolute Gasteiger partial charge is 0.328 e. The monoisotopic (exact) mass is 716 g/mol. The van der Waals surface area contributed by atoms with Gasteiger partial charge in [-0.1, -0.05) is 60.7 Å². The lowest BCUT2D eigenvalue weighted by Gasteiger charge is -2.29. The normalized spacial score (nSPS) is 24.8. The number of aliphatic carboxylic acids is 3. The van der Waals surface area contributed by atoms with Crippen LogP contribution in [0.2, 0.25) is 0 Å². The summed E-state index contributed by atoms with van der Waals surface area (Å²) in [5, 5.41) is 40.9. The molecular formula is C32H40N6O9S2. The molecule has 0 aliphatic carbocycles. The summed E-state index contributed by atoms with van der Waals surface area (Å²) >= 11 is 2.15. The number of rotatable bonds is 13. The van der Waals surface area contributed by atoms with Crippen molar-refractivity contribution in [2.24, 2.45) is 5.73 Å². The molecule has 3 amide bonds. The van der Waals surface area contributed by atoms with Crippen molar-refractivity contribution >= 4 is 59.2 Å². The van der Waals surface area contributed by atoms with Crippen molar-refractivity contribution in [3.8, 4) is 0 Å². The largest absolute Gasteiger partial charge is 0.480 e. The maximum Gasteiger partial charge on any atom is 0.328 e. The lowest BCUT2D eigenvalue weighted by atomic mass is 10.0. The summed E-state index contributed by atoms with van der Waals surface area (Å²) in [6.07, 6.45) is 0. The van der Waals surface area contributed by atoms with Gasteiger partial charge in [0.25, 0.3) is 0 Å². The third kappa shape index (κ3) is 8.72. The third-order valence-electron chi connectivity index (χ3n) is 8.28. The number of carboxylic acids is 3. The van der Waals surface area contributed by atoms with Crippen molar-refractivity contribution in [2.75, 3.05) is 0 Å². The number of carboxylic acid groups (broad SMARTS) is 3. The first kappa shape index (κ1) is 37.7. The standard InChI is InChI=1S/C32H40N6O9S2/c1-31(2)21(29(44)45)37-26(48-31)19(35-23(39)17(33)15-11-7-5-8-12-15)25(41)34-18(16-13-9-6-10-14-16)24(40)36-20(28(42)43)27-38-22(30(46)47)32(3,4)49-27/h5-14,17-22,26-27,37-38H,33H2,1-4H3,(H,34,41)(H,35,39)(H,36,40)(H,42,43)(H,44,45)(H,46,47)/t17-,18-,19?,20?,21?,22?,26-,27-/m1/s1. The summed E-state index contributed by atoms with van der Waals surface area (Å²) in [7, 11) is 0. The fourth-order valence-corrected chi connectivity index (χ4v) is 8.64. The van der Waals surface area contributed by atoms with Gasteiger partial charge < -0.3 is 37.0 Å². The molecule has 17 heteroatoms. The van der Waals surface area contributed by atoms with E-state index < -0.39 is 92.1 Å². The van der Waals surface area contributed by atoms with E-state index in [1.165, 1.54) is 12.1 Å². The second kappa shape index (κ2) is 15.2. The molecule has 4 unspecified atom stereocenters. The van der Waals surface area contributed by atoms with Crippen molar-refractivity contribution in [2.45, 2.75) is 84.2 Å². The van der Waals surface area contributed by atoms with Crippen LogP contribution in [0.3, 0.4) is 0 Å². The fourth-order valence-electron chi connectivity index (χ4n) is 5.67. The lowest BCUT2D eigenvalue weighted by Crippen LogP contribution is -2.60. The number of nitrogens with one attached hydrogen (secondary N) is 5. The highest BCUT2D eigenvalue weighted by Gasteiger charge is 2.51. The maximum absolute atomic E-state index is 14.1. The van der Waals surface area contributed by atoms with Gasteiger partial charge in [-0.05, 0) is 38.8 Å². The van der Waals surface area contributed by atoms with Gasteiger partial charge in [-0.25, -0.2) is 4.79 Å². The number of nitrogens with two attached hydrogens (primary N) is 1. The van der Waals surface area contributed by atoms with Crippen LogP contribution in [-0.2, 0) is 28.8 Å². The van der Waals surface area contributed by atoms with Crippen molar-refractivity contribution in [3.63, 3.8) is 0 Å². The topological polar surface area (TPSA) is 249 Å². The second-order valence-electron chi connectivity index (χ2n) is 12.7. The van der Waals surface area contributed by atoms with E-state index in [1.54, 1.807) is 76.2 Å². The van der Waals surface area contributed by atoms with E-state index in [2.05, 4.69) is 26.6 Å². The average Bonchev–Trinajstić information content (AvgIpc) is 3.55. The molecule has 8 atom stereocenters. The van der Waals surface area contributed by atoms with E-state index in [1.807, 2.05) is 0 Å². The van der Waals surface area contributed by atoms with Gasteiger partial charge in [0, 0.05) is 9.49 Å². The Morgan fingerprint density at radius 1 is 0.653 bits per heavy atom. The summed E-state index contributed by atoms with van der Waals surface area (Å²) in [6.45, 7) is 6.63. The number of thioether (sulfide) groups is 2.